The third-order valence-electron chi connectivity index (χ3n) is 7.81. The molecule has 0 aliphatic rings. The Hall–Kier alpha value is -6.50. The minimum absolute atomic E-state index is 0.00419. The summed E-state index contributed by atoms with van der Waals surface area (Å²) in [4.78, 5) is 51.3. The lowest BCUT2D eigenvalue weighted by Gasteiger charge is -2.21. The van der Waals surface area contributed by atoms with Gasteiger partial charge in [0.15, 0.2) is 0 Å². The summed E-state index contributed by atoms with van der Waals surface area (Å²) >= 11 is 0. The number of carboxylic acids is 1. The highest BCUT2D eigenvalue weighted by Crippen LogP contribution is 2.35. The summed E-state index contributed by atoms with van der Waals surface area (Å²) in [6.07, 6.45) is -5.28. The van der Waals surface area contributed by atoms with Gasteiger partial charge in [0.1, 0.15) is 23.9 Å². The summed E-state index contributed by atoms with van der Waals surface area (Å²) in [5.41, 5.74) is 1.46. The van der Waals surface area contributed by atoms with Crippen molar-refractivity contribution in [1.29, 1.82) is 0 Å². The number of esters is 1. The van der Waals surface area contributed by atoms with Crippen molar-refractivity contribution < 1.29 is 51.3 Å². The van der Waals surface area contributed by atoms with Gasteiger partial charge in [-0.05, 0) is 95.1 Å². The number of hydrogen-bond acceptors (Lipinski definition) is 6. The number of carboxylic acid groups (broad SMARTS) is 1. The molecular formula is C39H30F4N2O7. The first-order chi connectivity index (χ1) is 24.8. The van der Waals surface area contributed by atoms with Gasteiger partial charge in [0.25, 0.3) is 5.91 Å². The van der Waals surface area contributed by atoms with E-state index in [-0.39, 0.29) is 46.2 Å². The Morgan fingerprint density at radius 3 is 1.90 bits per heavy atom. The molecular weight excluding hydrogens is 684 g/mol. The molecule has 9 nitrogen and oxygen atoms in total. The number of rotatable bonds is 12. The fraction of sp³-hybridized carbons (Fsp3) is 0.128. The highest BCUT2D eigenvalue weighted by molar-refractivity contribution is 5.97. The molecule has 5 aromatic rings. The maximum Gasteiger partial charge on any atom is 0.416 e. The topological polar surface area (TPSA) is 122 Å². The molecule has 0 aliphatic heterocycles. The molecule has 0 fully saturated rings. The number of methoxy groups -OCH3 is 1. The molecule has 0 saturated heterocycles. The van der Waals surface area contributed by atoms with Crippen molar-refractivity contribution in [3.05, 3.63) is 149 Å². The Bertz CT molecular complexity index is 2070. The Morgan fingerprint density at radius 1 is 0.750 bits per heavy atom. The van der Waals surface area contributed by atoms with Gasteiger partial charge >= 0.3 is 18.1 Å². The predicted octanol–water partition coefficient (Wildman–Crippen LogP) is 7.65. The molecule has 0 aromatic heterocycles. The van der Waals surface area contributed by atoms with Gasteiger partial charge in [-0.2, -0.15) is 13.2 Å². The van der Waals surface area contributed by atoms with Crippen LogP contribution in [0.5, 0.6) is 11.5 Å². The van der Waals surface area contributed by atoms with Crippen LogP contribution >= 0.6 is 0 Å². The molecule has 0 bridgehead atoms. The van der Waals surface area contributed by atoms with Gasteiger partial charge in [-0.1, -0.05) is 42.5 Å². The first-order valence-corrected chi connectivity index (χ1v) is 15.6. The molecule has 52 heavy (non-hydrogen) atoms. The van der Waals surface area contributed by atoms with Crippen LogP contribution in [0.1, 0.15) is 37.4 Å². The number of amides is 2. The number of carbonyl (C=O) groups excluding carboxylic acids is 3. The second kappa shape index (κ2) is 16.0. The molecule has 5 rings (SSSR count). The number of hydrogen-bond donors (Lipinski definition) is 2. The summed E-state index contributed by atoms with van der Waals surface area (Å²) in [6.45, 7) is -0.739. The minimum atomic E-state index is -4.70. The standard InChI is InChI=1S/C39H30F4N2O7/c1-51-33-19-12-29(34(21-33)39(41,42)43)20-35(46)44-31-15-10-27(11-16-31)37(49)45(23-36(47)48)22-24-2-17-32(18-3-24)52-38(50)28-6-4-25(5-7-28)26-8-13-30(40)14-9-26/h2-19,21H,20,22-23H2,1H3,(H,44,46)(H,47,48). The van der Waals surface area contributed by atoms with Crippen molar-refractivity contribution in [2.45, 2.75) is 19.1 Å². The van der Waals surface area contributed by atoms with Crippen LogP contribution in [-0.2, 0) is 28.7 Å². The molecule has 266 valence electrons. The number of halogens is 4. The van der Waals surface area contributed by atoms with E-state index in [1.165, 1.54) is 67.8 Å². The van der Waals surface area contributed by atoms with E-state index in [1.807, 2.05) is 0 Å². The van der Waals surface area contributed by atoms with E-state index in [2.05, 4.69) is 5.32 Å². The number of aliphatic carboxylic acids is 1. The first-order valence-electron chi connectivity index (χ1n) is 15.6. The SMILES string of the molecule is COc1ccc(CC(=O)Nc2ccc(C(=O)N(CC(=O)O)Cc3ccc(OC(=O)c4ccc(-c5ccc(F)cc5)cc4)cc3)cc2)c(C(F)(F)F)c1. The predicted molar refractivity (Wildman–Crippen MR) is 182 cm³/mol. The zero-order chi connectivity index (χ0) is 37.4. The molecule has 0 saturated carbocycles. The third kappa shape index (κ3) is 9.59. The van der Waals surface area contributed by atoms with Crippen molar-refractivity contribution in [3.63, 3.8) is 0 Å². The van der Waals surface area contributed by atoms with Crippen LogP contribution in [-0.4, -0.2) is 47.4 Å². The maximum atomic E-state index is 13.5. The van der Waals surface area contributed by atoms with Crippen molar-refractivity contribution in [1.82, 2.24) is 4.90 Å². The van der Waals surface area contributed by atoms with Crippen molar-refractivity contribution in [2.75, 3.05) is 19.0 Å². The van der Waals surface area contributed by atoms with Gasteiger partial charge in [0.05, 0.1) is 24.7 Å². The molecule has 13 heteroatoms. The van der Waals surface area contributed by atoms with Crippen LogP contribution in [0.25, 0.3) is 11.1 Å². The van der Waals surface area contributed by atoms with Gasteiger partial charge in [0.2, 0.25) is 5.91 Å². The zero-order valence-corrected chi connectivity index (χ0v) is 27.4. The molecule has 2 N–H and O–H groups in total. The Balaban J connectivity index is 1.19. The fourth-order valence-corrected chi connectivity index (χ4v) is 5.21. The first kappa shape index (κ1) is 36.8. The summed E-state index contributed by atoms with van der Waals surface area (Å²) in [5.74, 6) is -3.38. The van der Waals surface area contributed by atoms with Crippen LogP contribution in [0.2, 0.25) is 0 Å². The van der Waals surface area contributed by atoms with E-state index in [9.17, 15) is 41.8 Å². The van der Waals surface area contributed by atoms with Gasteiger partial charge in [-0.15, -0.1) is 0 Å². The molecule has 2 amide bonds. The number of alkyl halides is 3. The number of ether oxygens (including phenoxy) is 2. The molecule has 0 aliphatic carbocycles. The maximum absolute atomic E-state index is 13.5. The van der Waals surface area contributed by atoms with Crippen LogP contribution in [0.3, 0.4) is 0 Å². The van der Waals surface area contributed by atoms with Crippen molar-refractivity contribution in [2.24, 2.45) is 0 Å². The van der Waals surface area contributed by atoms with Crippen LogP contribution in [0, 0.1) is 5.82 Å². The van der Waals surface area contributed by atoms with E-state index in [0.29, 0.717) is 5.56 Å². The zero-order valence-electron chi connectivity index (χ0n) is 27.4. The van der Waals surface area contributed by atoms with Gasteiger partial charge in [0, 0.05) is 17.8 Å². The van der Waals surface area contributed by atoms with Gasteiger partial charge in [-0.3, -0.25) is 14.4 Å². The Labute approximate surface area is 295 Å². The molecule has 0 unspecified atom stereocenters. The highest BCUT2D eigenvalue weighted by atomic mass is 19.4. The van der Waals surface area contributed by atoms with E-state index in [1.54, 1.807) is 48.5 Å². The summed E-state index contributed by atoms with van der Waals surface area (Å²) in [6, 6.07) is 27.5. The monoisotopic (exact) mass is 714 g/mol. The van der Waals surface area contributed by atoms with Crippen LogP contribution < -0.4 is 14.8 Å². The Kier molecular flexibility index (Phi) is 11.3. The number of nitrogens with zero attached hydrogens (tertiary/aromatic N) is 1. The van der Waals surface area contributed by atoms with Crippen LogP contribution in [0.15, 0.2) is 115 Å². The average molecular weight is 715 g/mol. The summed E-state index contributed by atoms with van der Waals surface area (Å²) < 4.78 is 64.2. The number of anilines is 1. The summed E-state index contributed by atoms with van der Waals surface area (Å²) in [5, 5.41) is 12.0. The lowest BCUT2D eigenvalue weighted by molar-refractivity contribution is -0.139. The molecule has 0 atom stereocenters. The van der Waals surface area contributed by atoms with Gasteiger partial charge in [-0.25, -0.2) is 9.18 Å². The smallest absolute Gasteiger partial charge is 0.416 e. The highest BCUT2D eigenvalue weighted by Gasteiger charge is 2.34. The molecule has 0 radical (unpaired) electrons. The summed E-state index contributed by atoms with van der Waals surface area (Å²) in [7, 11) is 1.23. The Morgan fingerprint density at radius 2 is 1.33 bits per heavy atom. The minimum Gasteiger partial charge on any atom is -0.497 e. The average Bonchev–Trinajstić information content (AvgIpc) is 3.12. The largest absolute Gasteiger partial charge is 0.497 e. The van der Waals surface area contributed by atoms with Gasteiger partial charge < -0.3 is 24.8 Å². The fourth-order valence-electron chi connectivity index (χ4n) is 5.21. The second-order valence-electron chi connectivity index (χ2n) is 11.5. The van der Waals surface area contributed by atoms with Crippen molar-refractivity contribution >= 4 is 29.4 Å². The van der Waals surface area contributed by atoms with E-state index in [0.717, 1.165) is 22.1 Å². The van der Waals surface area contributed by atoms with E-state index in [4.69, 9.17) is 9.47 Å². The normalized spacial score (nSPS) is 11.0. The quantitative estimate of drug-likeness (QED) is 0.0774. The number of carbonyl (C=O) groups is 4. The molecule has 5 aromatic carbocycles. The van der Waals surface area contributed by atoms with E-state index < -0.39 is 48.5 Å². The third-order valence-corrected chi connectivity index (χ3v) is 7.81. The number of nitrogens with one attached hydrogen (secondary N) is 1. The molecule has 0 heterocycles. The van der Waals surface area contributed by atoms with E-state index >= 15 is 0 Å². The van der Waals surface area contributed by atoms with Crippen LogP contribution in [0.4, 0.5) is 23.2 Å². The lowest BCUT2D eigenvalue weighted by atomic mass is 10.0. The number of benzene rings is 5. The molecule has 0 spiro atoms. The van der Waals surface area contributed by atoms with Crippen molar-refractivity contribution in [3.8, 4) is 22.6 Å². The lowest BCUT2D eigenvalue weighted by Crippen LogP contribution is -2.35. The second-order valence-corrected chi connectivity index (χ2v) is 11.5.